The molecule has 0 amide bonds. The van der Waals surface area contributed by atoms with Crippen LogP contribution in [0.2, 0.25) is 0 Å². The fraction of sp³-hybridized carbons (Fsp3) is 0.0435. The first kappa shape index (κ1) is 27.8. The fourth-order valence-corrected chi connectivity index (χ4v) is 7.09. The van der Waals surface area contributed by atoms with Crippen molar-refractivity contribution in [2.24, 2.45) is 0 Å². The van der Waals surface area contributed by atoms with Crippen molar-refractivity contribution in [3.63, 3.8) is 0 Å². The van der Waals surface area contributed by atoms with Crippen molar-refractivity contribution in [3.05, 3.63) is 181 Å². The van der Waals surface area contributed by atoms with Crippen LogP contribution in [-0.4, -0.2) is 0 Å². The third kappa shape index (κ3) is 4.89. The first-order valence-corrected chi connectivity index (χ1v) is 16.0. The highest BCUT2D eigenvalue weighted by Crippen LogP contribution is 2.45. The number of fused-ring (bicyclic) bond motifs is 2. The van der Waals surface area contributed by atoms with Crippen molar-refractivity contribution >= 4 is 21.5 Å². The molecule has 8 rings (SSSR count). The largest absolute Gasteiger partial charge is 0.0622 e. The molecule has 0 saturated carbocycles. The summed E-state index contributed by atoms with van der Waals surface area (Å²) in [6.45, 7) is 4.61. The monoisotopic (exact) mass is 586 g/mol. The Hall–Kier alpha value is -5.72. The summed E-state index contributed by atoms with van der Waals surface area (Å²) in [6, 6.07) is 61.8. The zero-order valence-corrected chi connectivity index (χ0v) is 26.2. The Morgan fingerprint density at radius 1 is 0.283 bits per heavy atom. The number of hydrogen-bond acceptors (Lipinski definition) is 0. The Morgan fingerprint density at radius 2 is 0.587 bits per heavy atom. The Balaban J connectivity index is 1.34. The average molecular weight is 587 g/mol. The SMILES string of the molecule is Cc1c(-c2ccc(-c3ccccc3)cc2)cc2ccccc2c1-c1c(C)c(-c2ccc(-c3ccccc3)cc2)cc2ccccc12. The maximum absolute atomic E-state index is 2.37. The van der Waals surface area contributed by atoms with Crippen LogP contribution >= 0.6 is 0 Å². The topological polar surface area (TPSA) is 0 Å². The molecule has 0 spiro atoms. The lowest BCUT2D eigenvalue weighted by atomic mass is 9.82. The lowest BCUT2D eigenvalue weighted by Crippen LogP contribution is -1.97. The molecule has 46 heavy (non-hydrogen) atoms. The van der Waals surface area contributed by atoms with Crippen molar-refractivity contribution in [2.45, 2.75) is 13.8 Å². The molecule has 0 saturated heterocycles. The summed E-state index contributed by atoms with van der Waals surface area (Å²) < 4.78 is 0. The van der Waals surface area contributed by atoms with Crippen molar-refractivity contribution in [2.75, 3.05) is 0 Å². The molecule has 0 N–H and O–H groups in total. The predicted molar refractivity (Wildman–Crippen MR) is 198 cm³/mol. The highest BCUT2D eigenvalue weighted by atomic mass is 14.2. The quantitative estimate of drug-likeness (QED) is 0.188. The Morgan fingerprint density at radius 3 is 0.978 bits per heavy atom. The summed E-state index contributed by atoms with van der Waals surface area (Å²) >= 11 is 0. The van der Waals surface area contributed by atoms with Crippen LogP contribution < -0.4 is 0 Å². The lowest BCUT2D eigenvalue weighted by molar-refractivity contribution is 1.43. The van der Waals surface area contributed by atoms with Crippen LogP contribution in [0.25, 0.3) is 77.2 Å². The van der Waals surface area contributed by atoms with Gasteiger partial charge in [-0.2, -0.15) is 0 Å². The third-order valence-electron chi connectivity index (χ3n) is 9.47. The van der Waals surface area contributed by atoms with Gasteiger partial charge in [-0.3, -0.25) is 0 Å². The maximum atomic E-state index is 2.37. The second kappa shape index (κ2) is 11.7. The Bertz CT molecular complexity index is 2160. The van der Waals surface area contributed by atoms with Gasteiger partial charge in [0.05, 0.1) is 0 Å². The van der Waals surface area contributed by atoms with Crippen molar-refractivity contribution in [1.82, 2.24) is 0 Å². The standard InChI is InChI=1S/C46H34/c1-31-43(37-25-21-35(22-26-37)33-13-5-3-6-14-33)29-39-17-9-11-19-41(39)45(31)46-32(2)44(30-40-18-10-12-20-42(40)46)38-27-23-36(24-28-38)34-15-7-4-8-16-34/h3-30H,1-2H3. The van der Waals surface area contributed by atoms with E-state index < -0.39 is 0 Å². The summed E-state index contributed by atoms with van der Waals surface area (Å²) in [5.41, 5.74) is 15.2. The van der Waals surface area contributed by atoms with E-state index in [4.69, 9.17) is 0 Å². The van der Waals surface area contributed by atoms with Gasteiger partial charge in [0, 0.05) is 0 Å². The van der Waals surface area contributed by atoms with Gasteiger partial charge in [-0.1, -0.05) is 158 Å². The molecule has 0 aliphatic rings. The number of benzene rings is 8. The van der Waals surface area contributed by atoms with Crippen molar-refractivity contribution in [1.29, 1.82) is 0 Å². The molecule has 0 heteroatoms. The molecule has 0 aliphatic carbocycles. The number of rotatable bonds is 5. The van der Waals surface area contributed by atoms with Crippen LogP contribution in [0.3, 0.4) is 0 Å². The molecule has 0 aromatic heterocycles. The molecule has 0 fully saturated rings. The molecule has 0 unspecified atom stereocenters. The molecule has 0 atom stereocenters. The first-order chi connectivity index (χ1) is 22.7. The molecule has 0 aliphatic heterocycles. The van der Waals surface area contributed by atoms with E-state index in [0.717, 1.165) is 0 Å². The predicted octanol–water partition coefficient (Wildman–Crippen LogP) is 12.9. The van der Waals surface area contributed by atoms with Crippen LogP contribution in [0.5, 0.6) is 0 Å². The summed E-state index contributed by atoms with van der Waals surface area (Å²) in [4.78, 5) is 0. The minimum atomic E-state index is 1.23. The molecule has 8 aromatic rings. The van der Waals surface area contributed by atoms with Crippen LogP contribution in [0.1, 0.15) is 11.1 Å². The smallest absolute Gasteiger partial charge is 0.00608 e. The summed E-state index contributed by atoms with van der Waals surface area (Å²) in [5, 5.41) is 5.08. The minimum Gasteiger partial charge on any atom is -0.0622 e. The van der Waals surface area contributed by atoms with E-state index in [0.29, 0.717) is 0 Å². The highest BCUT2D eigenvalue weighted by Gasteiger charge is 2.20. The van der Waals surface area contributed by atoms with E-state index in [2.05, 4.69) is 184 Å². The van der Waals surface area contributed by atoms with Crippen LogP contribution in [-0.2, 0) is 0 Å². The van der Waals surface area contributed by atoms with Crippen molar-refractivity contribution in [3.8, 4) is 55.6 Å². The van der Waals surface area contributed by atoms with E-state index >= 15 is 0 Å². The minimum absolute atomic E-state index is 1.23. The first-order valence-electron chi connectivity index (χ1n) is 16.0. The van der Waals surface area contributed by atoms with Crippen molar-refractivity contribution < 1.29 is 0 Å². The van der Waals surface area contributed by atoms with Gasteiger partial charge in [0.25, 0.3) is 0 Å². The Labute approximate surface area is 271 Å². The van der Waals surface area contributed by atoms with E-state index in [1.807, 2.05) is 0 Å². The molecule has 0 heterocycles. The zero-order chi connectivity index (χ0) is 31.0. The van der Waals surface area contributed by atoms with Crippen LogP contribution in [0, 0.1) is 13.8 Å². The molecular weight excluding hydrogens is 553 g/mol. The second-order valence-electron chi connectivity index (χ2n) is 12.2. The van der Waals surface area contributed by atoms with Gasteiger partial charge in [-0.25, -0.2) is 0 Å². The van der Waals surface area contributed by atoms with E-state index in [9.17, 15) is 0 Å². The lowest BCUT2D eigenvalue weighted by Gasteiger charge is -2.22. The van der Waals surface area contributed by atoms with Gasteiger partial charge in [-0.05, 0) is 114 Å². The summed E-state index contributed by atoms with van der Waals surface area (Å²) in [5.74, 6) is 0. The van der Waals surface area contributed by atoms with Crippen LogP contribution in [0.15, 0.2) is 170 Å². The van der Waals surface area contributed by atoms with Gasteiger partial charge in [-0.15, -0.1) is 0 Å². The molecule has 0 bridgehead atoms. The Kier molecular flexibility index (Phi) is 7.04. The van der Waals surface area contributed by atoms with Gasteiger partial charge >= 0.3 is 0 Å². The molecule has 8 aromatic carbocycles. The second-order valence-corrected chi connectivity index (χ2v) is 12.2. The van der Waals surface area contributed by atoms with Gasteiger partial charge in [0.2, 0.25) is 0 Å². The van der Waals surface area contributed by atoms with Gasteiger partial charge in [0.15, 0.2) is 0 Å². The fourth-order valence-electron chi connectivity index (χ4n) is 7.09. The molecular formula is C46H34. The van der Waals surface area contributed by atoms with Gasteiger partial charge < -0.3 is 0 Å². The highest BCUT2D eigenvalue weighted by molar-refractivity contribution is 6.11. The maximum Gasteiger partial charge on any atom is -0.00608 e. The molecule has 218 valence electrons. The van der Waals surface area contributed by atoms with Crippen LogP contribution in [0.4, 0.5) is 0 Å². The summed E-state index contributed by atoms with van der Waals surface area (Å²) in [6.07, 6.45) is 0. The van der Waals surface area contributed by atoms with E-state index in [1.165, 1.54) is 88.3 Å². The molecule has 0 radical (unpaired) electrons. The normalized spacial score (nSPS) is 11.3. The van der Waals surface area contributed by atoms with E-state index in [-0.39, 0.29) is 0 Å². The zero-order valence-electron chi connectivity index (χ0n) is 26.2. The molecule has 0 nitrogen and oxygen atoms in total. The number of hydrogen-bond donors (Lipinski definition) is 0. The third-order valence-corrected chi connectivity index (χ3v) is 9.47. The summed E-state index contributed by atoms with van der Waals surface area (Å²) in [7, 11) is 0. The van der Waals surface area contributed by atoms with Gasteiger partial charge in [0.1, 0.15) is 0 Å². The average Bonchev–Trinajstić information content (AvgIpc) is 3.13. The van der Waals surface area contributed by atoms with E-state index in [1.54, 1.807) is 0 Å².